The van der Waals surface area contributed by atoms with Crippen molar-refractivity contribution in [2.45, 2.75) is 38.3 Å². The summed E-state index contributed by atoms with van der Waals surface area (Å²) in [6.45, 7) is 2.53. The molecule has 2 unspecified atom stereocenters. The van der Waals surface area contributed by atoms with Crippen molar-refractivity contribution in [1.29, 1.82) is 0 Å². The van der Waals surface area contributed by atoms with Crippen LogP contribution in [0.15, 0.2) is 29.6 Å². The van der Waals surface area contributed by atoms with Crippen molar-refractivity contribution in [3.63, 3.8) is 0 Å². The molecule has 1 fully saturated rings. The highest BCUT2D eigenvalue weighted by Crippen LogP contribution is 2.29. The molecule has 1 aromatic carbocycles. The Labute approximate surface area is 122 Å². The van der Waals surface area contributed by atoms with Crippen LogP contribution in [0, 0.1) is 0 Å². The molecule has 1 aliphatic rings. The molecular formula is C16H19NO2S. The first kappa shape index (κ1) is 13.6. The lowest BCUT2D eigenvalue weighted by Gasteiger charge is -2.37. The minimum atomic E-state index is -0.468. The summed E-state index contributed by atoms with van der Waals surface area (Å²) in [5.74, 6) is 0.0630. The highest BCUT2D eigenvalue weighted by atomic mass is 32.1. The van der Waals surface area contributed by atoms with Gasteiger partial charge in [0, 0.05) is 22.0 Å². The van der Waals surface area contributed by atoms with Gasteiger partial charge in [0.05, 0.1) is 17.7 Å². The minimum Gasteiger partial charge on any atom is -0.391 e. The van der Waals surface area contributed by atoms with Crippen LogP contribution >= 0.6 is 11.3 Å². The van der Waals surface area contributed by atoms with Crippen molar-refractivity contribution >= 4 is 27.3 Å². The maximum Gasteiger partial charge on any atom is 0.255 e. The zero-order chi connectivity index (χ0) is 14.1. The quantitative estimate of drug-likeness (QED) is 0.921. The number of rotatable bonds is 2. The fourth-order valence-corrected chi connectivity index (χ4v) is 3.94. The number of carbonyl (C=O) groups excluding carboxylic acids is 1. The van der Waals surface area contributed by atoms with Crippen LogP contribution in [0.1, 0.15) is 36.5 Å². The molecule has 2 heterocycles. The van der Waals surface area contributed by atoms with Crippen LogP contribution in [0.25, 0.3) is 10.1 Å². The summed E-state index contributed by atoms with van der Waals surface area (Å²) in [4.78, 5) is 14.7. The lowest BCUT2D eigenvalue weighted by molar-refractivity contribution is 0.0283. The van der Waals surface area contributed by atoms with Gasteiger partial charge in [-0.15, -0.1) is 11.3 Å². The SMILES string of the molecule is CC(O)C1CCCCN1C(=O)c1csc2ccccc12. The van der Waals surface area contributed by atoms with E-state index in [0.29, 0.717) is 0 Å². The third kappa shape index (κ3) is 2.34. The summed E-state index contributed by atoms with van der Waals surface area (Å²) in [6.07, 6.45) is 2.54. The smallest absolute Gasteiger partial charge is 0.255 e. The topological polar surface area (TPSA) is 40.5 Å². The first-order valence-corrected chi connectivity index (χ1v) is 8.01. The summed E-state index contributed by atoms with van der Waals surface area (Å²) in [7, 11) is 0. The molecule has 3 nitrogen and oxygen atoms in total. The van der Waals surface area contributed by atoms with Crippen molar-refractivity contribution in [2.75, 3.05) is 6.54 Å². The number of likely N-dealkylation sites (tertiary alicyclic amines) is 1. The molecular weight excluding hydrogens is 270 g/mol. The average molecular weight is 289 g/mol. The summed E-state index contributed by atoms with van der Waals surface area (Å²) in [5, 5.41) is 12.9. The maximum atomic E-state index is 12.8. The molecule has 4 heteroatoms. The number of amides is 1. The number of aliphatic hydroxyl groups excluding tert-OH is 1. The predicted octanol–water partition coefficient (Wildman–Crippen LogP) is 3.28. The molecule has 2 aromatic rings. The number of piperidine rings is 1. The average Bonchev–Trinajstić information content (AvgIpc) is 2.90. The lowest BCUT2D eigenvalue weighted by atomic mass is 9.97. The van der Waals surface area contributed by atoms with Gasteiger partial charge in [0.1, 0.15) is 0 Å². The summed E-state index contributed by atoms with van der Waals surface area (Å²) < 4.78 is 1.14. The maximum absolute atomic E-state index is 12.8. The molecule has 2 atom stereocenters. The van der Waals surface area contributed by atoms with Crippen LogP contribution in [0.2, 0.25) is 0 Å². The molecule has 0 bridgehead atoms. The molecule has 1 amide bonds. The van der Waals surface area contributed by atoms with Crippen molar-refractivity contribution in [3.8, 4) is 0 Å². The molecule has 1 saturated heterocycles. The van der Waals surface area contributed by atoms with Crippen molar-refractivity contribution in [1.82, 2.24) is 4.90 Å². The van der Waals surface area contributed by atoms with Crippen molar-refractivity contribution in [3.05, 3.63) is 35.2 Å². The molecule has 0 spiro atoms. The number of nitrogens with zero attached hydrogens (tertiary/aromatic N) is 1. The molecule has 0 aliphatic carbocycles. The highest BCUT2D eigenvalue weighted by Gasteiger charge is 2.31. The largest absolute Gasteiger partial charge is 0.391 e. The molecule has 0 radical (unpaired) electrons. The van der Waals surface area contributed by atoms with Gasteiger partial charge in [-0.2, -0.15) is 0 Å². The summed E-state index contributed by atoms with van der Waals surface area (Å²) >= 11 is 1.61. The van der Waals surface area contributed by atoms with E-state index in [2.05, 4.69) is 0 Å². The number of fused-ring (bicyclic) bond motifs is 1. The molecule has 3 rings (SSSR count). The van der Waals surface area contributed by atoms with Gasteiger partial charge in [0.25, 0.3) is 5.91 Å². The second kappa shape index (κ2) is 5.54. The van der Waals surface area contributed by atoms with Crippen LogP contribution in [0.3, 0.4) is 0 Å². The number of benzene rings is 1. The summed E-state index contributed by atoms with van der Waals surface area (Å²) in [6, 6.07) is 7.95. The molecule has 20 heavy (non-hydrogen) atoms. The zero-order valence-corrected chi connectivity index (χ0v) is 12.4. The number of thiophene rings is 1. The number of aliphatic hydroxyl groups is 1. The van der Waals surface area contributed by atoms with Gasteiger partial charge in [-0.3, -0.25) is 4.79 Å². The Hall–Kier alpha value is -1.39. The van der Waals surface area contributed by atoms with Crippen LogP contribution in [-0.4, -0.2) is 34.6 Å². The predicted molar refractivity (Wildman–Crippen MR) is 82.2 cm³/mol. The van der Waals surface area contributed by atoms with Gasteiger partial charge in [-0.05, 0) is 32.3 Å². The zero-order valence-electron chi connectivity index (χ0n) is 11.6. The van der Waals surface area contributed by atoms with E-state index >= 15 is 0 Å². The fraction of sp³-hybridized carbons (Fsp3) is 0.438. The van der Waals surface area contributed by atoms with Crippen LogP contribution < -0.4 is 0 Å². The normalized spacial score (nSPS) is 21.1. The van der Waals surface area contributed by atoms with Crippen molar-refractivity contribution in [2.24, 2.45) is 0 Å². The van der Waals surface area contributed by atoms with Crippen molar-refractivity contribution < 1.29 is 9.90 Å². The number of carbonyl (C=O) groups is 1. The third-order valence-corrected chi connectivity index (χ3v) is 5.04. The Kier molecular flexibility index (Phi) is 3.76. The van der Waals surface area contributed by atoms with E-state index in [4.69, 9.17) is 0 Å². The van der Waals surface area contributed by atoms with Crippen LogP contribution in [-0.2, 0) is 0 Å². The van der Waals surface area contributed by atoms with E-state index in [1.807, 2.05) is 34.5 Å². The van der Waals surface area contributed by atoms with E-state index in [1.54, 1.807) is 18.3 Å². The van der Waals surface area contributed by atoms with E-state index in [9.17, 15) is 9.90 Å². The van der Waals surface area contributed by atoms with Gasteiger partial charge in [0.2, 0.25) is 0 Å². The fourth-order valence-electron chi connectivity index (χ4n) is 3.01. The minimum absolute atomic E-state index is 0.0464. The standard InChI is InChI=1S/C16H19NO2S/c1-11(18)14-7-4-5-9-17(14)16(19)13-10-20-15-8-3-2-6-12(13)15/h2-3,6,8,10-11,14,18H,4-5,7,9H2,1H3. The number of hydrogen-bond donors (Lipinski definition) is 1. The first-order valence-electron chi connectivity index (χ1n) is 7.14. The Bertz CT molecular complexity index is 620. The molecule has 0 saturated carbocycles. The molecule has 1 N–H and O–H groups in total. The van der Waals surface area contributed by atoms with Gasteiger partial charge in [-0.1, -0.05) is 18.2 Å². The Morgan fingerprint density at radius 2 is 2.20 bits per heavy atom. The lowest BCUT2D eigenvalue weighted by Crippen LogP contribution is -2.48. The third-order valence-electron chi connectivity index (χ3n) is 4.08. The van der Waals surface area contributed by atoms with Gasteiger partial charge < -0.3 is 10.0 Å². The Balaban J connectivity index is 1.94. The van der Waals surface area contributed by atoms with E-state index < -0.39 is 6.10 Å². The second-order valence-electron chi connectivity index (χ2n) is 5.45. The summed E-state index contributed by atoms with van der Waals surface area (Å²) in [5.41, 5.74) is 0.776. The Morgan fingerprint density at radius 1 is 1.40 bits per heavy atom. The first-order chi connectivity index (χ1) is 9.68. The highest BCUT2D eigenvalue weighted by molar-refractivity contribution is 7.17. The van der Waals surface area contributed by atoms with E-state index in [0.717, 1.165) is 41.5 Å². The number of hydrogen-bond acceptors (Lipinski definition) is 3. The van der Waals surface area contributed by atoms with E-state index in [-0.39, 0.29) is 11.9 Å². The van der Waals surface area contributed by atoms with Crippen LogP contribution in [0.5, 0.6) is 0 Å². The van der Waals surface area contributed by atoms with Gasteiger partial charge in [0.15, 0.2) is 0 Å². The van der Waals surface area contributed by atoms with Crippen LogP contribution in [0.4, 0.5) is 0 Å². The Morgan fingerprint density at radius 3 is 3.00 bits per heavy atom. The monoisotopic (exact) mass is 289 g/mol. The molecule has 1 aromatic heterocycles. The van der Waals surface area contributed by atoms with E-state index in [1.165, 1.54) is 0 Å². The van der Waals surface area contributed by atoms with Gasteiger partial charge >= 0.3 is 0 Å². The second-order valence-corrected chi connectivity index (χ2v) is 6.36. The molecule has 1 aliphatic heterocycles. The molecule has 106 valence electrons. The van der Waals surface area contributed by atoms with Gasteiger partial charge in [-0.25, -0.2) is 0 Å².